The Hall–Kier alpha value is -3.46. The molecule has 8 nitrogen and oxygen atoms in total. The molecule has 0 unspecified atom stereocenters. The number of methoxy groups -OCH3 is 1. The molecular weight excluding hydrogens is 380 g/mol. The Bertz CT molecular complexity index is 1330. The van der Waals surface area contributed by atoms with Crippen LogP contribution in [0.5, 0.6) is 0 Å². The summed E-state index contributed by atoms with van der Waals surface area (Å²) in [5.74, 6) is -0.611. The molecule has 28 heavy (non-hydrogen) atoms. The monoisotopic (exact) mass is 396 g/mol. The molecule has 2 aromatic heterocycles. The van der Waals surface area contributed by atoms with E-state index in [0.717, 1.165) is 10.9 Å². The zero-order chi connectivity index (χ0) is 19.9. The Labute approximate surface area is 160 Å². The summed E-state index contributed by atoms with van der Waals surface area (Å²) in [5.41, 5.74) is 2.30. The second kappa shape index (κ2) is 6.61. The number of carbonyl (C=O) groups excluding carboxylic acids is 1. The van der Waals surface area contributed by atoms with E-state index in [9.17, 15) is 13.2 Å². The number of hydrogen-bond donors (Lipinski definition) is 2. The topological polar surface area (TPSA) is 114 Å². The number of esters is 1. The van der Waals surface area contributed by atoms with Gasteiger partial charge in [-0.15, -0.1) is 0 Å². The van der Waals surface area contributed by atoms with Crippen LogP contribution in [0.15, 0.2) is 53.6 Å². The average Bonchev–Trinajstić information content (AvgIpc) is 3.09. The highest BCUT2D eigenvalue weighted by Gasteiger charge is 2.20. The van der Waals surface area contributed by atoms with Crippen LogP contribution in [0.4, 0.5) is 5.69 Å². The lowest BCUT2D eigenvalue weighted by atomic mass is 10.2. The number of benzene rings is 2. The minimum absolute atomic E-state index is 0.0745. The Morgan fingerprint density at radius 1 is 1.18 bits per heavy atom. The molecule has 0 aliphatic carbocycles. The number of anilines is 1. The summed E-state index contributed by atoms with van der Waals surface area (Å²) >= 11 is 0. The third kappa shape index (κ3) is 3.05. The first-order chi connectivity index (χ1) is 13.4. The molecule has 0 aliphatic rings. The predicted octanol–water partition coefficient (Wildman–Crippen LogP) is 3.01. The summed E-state index contributed by atoms with van der Waals surface area (Å²) in [6.45, 7) is 1.89. The van der Waals surface area contributed by atoms with Gasteiger partial charge in [0.1, 0.15) is 4.90 Å². The standard InChI is InChI=1S/C19H16N4O4S/c1-11-8-12-4-3-5-16(17(12)20-10-11)28(25,26)23-13-6-7-15-14(9-13)18(22-21-15)19(24)27-2/h3-10,23H,1-2H3,(H,21,22). The lowest BCUT2D eigenvalue weighted by Gasteiger charge is -2.10. The number of H-pyrrole nitrogens is 1. The molecule has 0 spiro atoms. The number of rotatable bonds is 4. The summed E-state index contributed by atoms with van der Waals surface area (Å²) in [6, 6.07) is 11.6. The SMILES string of the molecule is COC(=O)c1n[nH]c2ccc(NS(=O)(=O)c3cccc4cc(C)cnc34)cc12. The first kappa shape index (κ1) is 17.9. The first-order valence-electron chi connectivity index (χ1n) is 8.34. The summed E-state index contributed by atoms with van der Waals surface area (Å²) in [5, 5.41) is 7.84. The molecule has 4 rings (SSSR count). The number of ether oxygens (including phenoxy) is 1. The van der Waals surface area contributed by atoms with Crippen LogP contribution in [0.3, 0.4) is 0 Å². The van der Waals surface area contributed by atoms with Gasteiger partial charge in [0.15, 0.2) is 5.69 Å². The number of hydrogen-bond acceptors (Lipinski definition) is 6. The zero-order valence-electron chi connectivity index (χ0n) is 15.1. The minimum atomic E-state index is -3.90. The zero-order valence-corrected chi connectivity index (χ0v) is 15.9. The van der Waals surface area contributed by atoms with Crippen LogP contribution in [-0.2, 0) is 14.8 Å². The Morgan fingerprint density at radius 3 is 2.79 bits per heavy atom. The normalized spacial score (nSPS) is 11.6. The van der Waals surface area contributed by atoms with Crippen LogP contribution < -0.4 is 4.72 Å². The molecule has 0 fully saturated rings. The maximum absolute atomic E-state index is 13.0. The van der Waals surface area contributed by atoms with E-state index in [1.54, 1.807) is 24.4 Å². The van der Waals surface area contributed by atoms with Crippen LogP contribution in [0, 0.1) is 6.92 Å². The van der Waals surface area contributed by atoms with E-state index >= 15 is 0 Å². The van der Waals surface area contributed by atoms with E-state index in [0.29, 0.717) is 22.1 Å². The molecule has 4 aromatic rings. The van der Waals surface area contributed by atoms with Gasteiger partial charge in [-0.05, 0) is 42.8 Å². The van der Waals surface area contributed by atoms with Crippen LogP contribution in [0.2, 0.25) is 0 Å². The van der Waals surface area contributed by atoms with Crippen molar-refractivity contribution >= 4 is 43.5 Å². The number of sulfonamides is 1. The molecule has 0 aliphatic heterocycles. The fourth-order valence-corrected chi connectivity index (χ4v) is 4.23. The van der Waals surface area contributed by atoms with E-state index in [2.05, 4.69) is 19.9 Å². The van der Waals surface area contributed by atoms with Crippen molar-refractivity contribution in [1.82, 2.24) is 15.2 Å². The fraction of sp³-hybridized carbons (Fsp3) is 0.105. The first-order valence-corrected chi connectivity index (χ1v) is 9.82. The van der Waals surface area contributed by atoms with Gasteiger partial charge in [-0.3, -0.25) is 14.8 Å². The molecule has 0 bridgehead atoms. The molecular formula is C19H16N4O4S. The quantitative estimate of drug-likeness (QED) is 0.513. The van der Waals surface area contributed by atoms with Gasteiger partial charge in [-0.2, -0.15) is 5.10 Å². The number of aromatic nitrogens is 3. The largest absolute Gasteiger partial charge is 0.464 e. The molecule has 2 heterocycles. The van der Waals surface area contributed by atoms with Gasteiger partial charge in [0, 0.05) is 22.7 Å². The number of nitrogens with zero attached hydrogens (tertiary/aromatic N) is 2. The number of nitrogens with one attached hydrogen (secondary N) is 2. The Kier molecular flexibility index (Phi) is 4.23. The molecule has 9 heteroatoms. The van der Waals surface area contributed by atoms with Crippen molar-refractivity contribution in [2.45, 2.75) is 11.8 Å². The highest BCUT2D eigenvalue weighted by atomic mass is 32.2. The lowest BCUT2D eigenvalue weighted by molar-refractivity contribution is 0.0596. The molecule has 2 N–H and O–H groups in total. The van der Waals surface area contributed by atoms with Crippen molar-refractivity contribution in [3.8, 4) is 0 Å². The number of aromatic amines is 1. The van der Waals surface area contributed by atoms with Gasteiger partial charge in [-0.1, -0.05) is 12.1 Å². The summed E-state index contributed by atoms with van der Waals surface area (Å²) in [4.78, 5) is 16.2. The van der Waals surface area contributed by atoms with Crippen LogP contribution in [0.1, 0.15) is 16.1 Å². The number of fused-ring (bicyclic) bond motifs is 2. The molecule has 0 amide bonds. The van der Waals surface area contributed by atoms with Crippen molar-refractivity contribution in [2.24, 2.45) is 0 Å². The number of para-hydroxylation sites is 1. The predicted molar refractivity (Wildman–Crippen MR) is 105 cm³/mol. The third-order valence-electron chi connectivity index (χ3n) is 4.29. The van der Waals surface area contributed by atoms with Crippen LogP contribution in [-0.4, -0.2) is 36.7 Å². The summed E-state index contributed by atoms with van der Waals surface area (Å²) in [7, 11) is -2.65. The molecule has 0 saturated carbocycles. The van der Waals surface area contributed by atoms with Gasteiger partial charge >= 0.3 is 5.97 Å². The van der Waals surface area contributed by atoms with E-state index in [1.165, 1.54) is 19.2 Å². The van der Waals surface area contributed by atoms with Gasteiger partial charge in [-0.25, -0.2) is 13.2 Å². The highest BCUT2D eigenvalue weighted by molar-refractivity contribution is 7.93. The van der Waals surface area contributed by atoms with E-state index in [-0.39, 0.29) is 10.6 Å². The van der Waals surface area contributed by atoms with Gasteiger partial charge in [0.05, 0.1) is 18.1 Å². The maximum atomic E-state index is 13.0. The van der Waals surface area contributed by atoms with Crippen molar-refractivity contribution in [2.75, 3.05) is 11.8 Å². The molecule has 0 atom stereocenters. The second-order valence-corrected chi connectivity index (χ2v) is 7.92. The molecule has 2 aromatic carbocycles. The number of carbonyl (C=O) groups is 1. The smallest absolute Gasteiger partial charge is 0.359 e. The second-order valence-electron chi connectivity index (χ2n) is 6.27. The molecule has 142 valence electrons. The highest BCUT2D eigenvalue weighted by Crippen LogP contribution is 2.26. The van der Waals surface area contributed by atoms with Gasteiger partial charge in [0.2, 0.25) is 0 Å². The van der Waals surface area contributed by atoms with E-state index in [4.69, 9.17) is 4.74 Å². The maximum Gasteiger partial charge on any atom is 0.359 e. The minimum Gasteiger partial charge on any atom is -0.464 e. The Morgan fingerprint density at radius 2 is 2.00 bits per heavy atom. The lowest BCUT2D eigenvalue weighted by Crippen LogP contribution is -2.14. The summed E-state index contributed by atoms with van der Waals surface area (Å²) in [6.07, 6.45) is 1.63. The van der Waals surface area contributed by atoms with Crippen molar-refractivity contribution in [3.63, 3.8) is 0 Å². The van der Waals surface area contributed by atoms with Gasteiger partial charge < -0.3 is 4.74 Å². The van der Waals surface area contributed by atoms with Crippen LogP contribution in [0.25, 0.3) is 21.8 Å². The van der Waals surface area contributed by atoms with Crippen molar-refractivity contribution in [3.05, 3.63) is 59.9 Å². The van der Waals surface area contributed by atoms with E-state index < -0.39 is 16.0 Å². The van der Waals surface area contributed by atoms with Gasteiger partial charge in [0.25, 0.3) is 10.0 Å². The van der Waals surface area contributed by atoms with Crippen molar-refractivity contribution in [1.29, 1.82) is 0 Å². The van der Waals surface area contributed by atoms with Crippen LogP contribution >= 0.6 is 0 Å². The van der Waals surface area contributed by atoms with Crippen molar-refractivity contribution < 1.29 is 17.9 Å². The number of pyridine rings is 1. The van der Waals surface area contributed by atoms with E-state index in [1.807, 2.05) is 19.1 Å². The molecule has 0 saturated heterocycles. The Balaban J connectivity index is 1.77. The summed E-state index contributed by atoms with van der Waals surface area (Å²) < 4.78 is 33.2. The fourth-order valence-electron chi connectivity index (χ4n) is 3.00. The molecule has 0 radical (unpaired) electrons. The number of aryl methyl sites for hydroxylation is 1. The third-order valence-corrected chi connectivity index (χ3v) is 5.71. The average molecular weight is 396 g/mol.